The summed E-state index contributed by atoms with van der Waals surface area (Å²) in [6.45, 7) is 6.63. The van der Waals surface area contributed by atoms with Crippen LogP contribution in [-0.2, 0) is 0 Å². The molecule has 0 spiro atoms. The van der Waals surface area contributed by atoms with Gasteiger partial charge >= 0.3 is 0 Å². The maximum absolute atomic E-state index is 9.22. The molecule has 0 aromatic heterocycles. The van der Waals surface area contributed by atoms with E-state index in [9.17, 15) is 5.11 Å². The number of phenols is 1. The number of phenolic OH excluding ortho intramolecular Hbond substituents is 1. The molecule has 2 nitrogen and oxygen atoms in total. The monoisotopic (exact) mass is 207 g/mol. The van der Waals surface area contributed by atoms with Gasteiger partial charge in [0.2, 0.25) is 0 Å². The molecular weight excluding hydrogens is 186 g/mol. The minimum Gasteiger partial charge on any atom is -0.508 e. The fourth-order valence-corrected chi connectivity index (χ4v) is 1.66. The van der Waals surface area contributed by atoms with E-state index in [1.54, 1.807) is 12.1 Å². The molecule has 84 valence electrons. The van der Waals surface area contributed by atoms with E-state index >= 15 is 0 Å². The summed E-state index contributed by atoms with van der Waals surface area (Å²) in [5.74, 6) is 0.331. The van der Waals surface area contributed by atoms with E-state index in [0.717, 1.165) is 6.42 Å². The maximum Gasteiger partial charge on any atom is 0.115 e. The number of hydrogen-bond acceptors (Lipinski definition) is 2. The Morgan fingerprint density at radius 3 is 2.20 bits per heavy atom. The van der Waals surface area contributed by atoms with Crippen LogP contribution in [0.1, 0.15) is 38.8 Å². The summed E-state index contributed by atoms with van der Waals surface area (Å²) < 4.78 is 0. The molecule has 2 atom stereocenters. The van der Waals surface area contributed by atoms with E-state index in [2.05, 4.69) is 32.7 Å². The van der Waals surface area contributed by atoms with Crippen LogP contribution in [0.5, 0.6) is 5.75 Å². The second-order valence-corrected chi connectivity index (χ2v) is 4.19. The number of aromatic hydroxyl groups is 1. The average Bonchev–Trinajstić information content (AvgIpc) is 2.27. The molecule has 0 radical (unpaired) electrons. The van der Waals surface area contributed by atoms with Crippen LogP contribution in [0, 0.1) is 0 Å². The quantitative estimate of drug-likeness (QED) is 0.819. The van der Waals surface area contributed by atoms with Crippen LogP contribution in [0.3, 0.4) is 0 Å². The first-order chi connectivity index (χ1) is 7.06. The predicted molar refractivity (Wildman–Crippen MR) is 64.0 cm³/mol. The van der Waals surface area contributed by atoms with E-state index in [1.165, 1.54) is 5.56 Å². The van der Waals surface area contributed by atoms with Crippen LogP contribution >= 0.6 is 0 Å². The summed E-state index contributed by atoms with van der Waals surface area (Å²) in [6, 6.07) is 8.43. The fraction of sp³-hybridized carbons (Fsp3) is 0.538. The Morgan fingerprint density at radius 1 is 1.20 bits per heavy atom. The van der Waals surface area contributed by atoms with Gasteiger partial charge in [-0.3, -0.25) is 4.90 Å². The van der Waals surface area contributed by atoms with Crippen molar-refractivity contribution in [3.05, 3.63) is 29.8 Å². The van der Waals surface area contributed by atoms with E-state index < -0.39 is 0 Å². The molecule has 1 aromatic carbocycles. The Bertz CT molecular complexity index is 294. The topological polar surface area (TPSA) is 23.5 Å². The molecule has 0 fully saturated rings. The Balaban J connectivity index is 2.75. The van der Waals surface area contributed by atoms with E-state index in [-0.39, 0.29) is 0 Å². The second-order valence-electron chi connectivity index (χ2n) is 4.19. The number of nitrogens with zero attached hydrogens (tertiary/aromatic N) is 1. The number of benzene rings is 1. The van der Waals surface area contributed by atoms with Gasteiger partial charge in [0.05, 0.1) is 0 Å². The molecule has 0 heterocycles. The smallest absolute Gasteiger partial charge is 0.115 e. The number of rotatable bonds is 4. The van der Waals surface area contributed by atoms with Gasteiger partial charge in [0.15, 0.2) is 0 Å². The lowest BCUT2D eigenvalue weighted by atomic mass is 10.1. The maximum atomic E-state index is 9.22. The summed E-state index contributed by atoms with van der Waals surface area (Å²) in [4.78, 5) is 2.35. The van der Waals surface area contributed by atoms with Gasteiger partial charge in [-0.05, 0) is 45.0 Å². The summed E-state index contributed by atoms with van der Waals surface area (Å²) >= 11 is 0. The first-order valence-electron chi connectivity index (χ1n) is 5.57. The average molecular weight is 207 g/mol. The first-order valence-corrected chi connectivity index (χ1v) is 5.57. The van der Waals surface area contributed by atoms with Gasteiger partial charge in [0.25, 0.3) is 0 Å². The molecule has 0 amide bonds. The van der Waals surface area contributed by atoms with Crippen LogP contribution in [0.25, 0.3) is 0 Å². The minimum atomic E-state index is 0.331. The third-order valence-corrected chi connectivity index (χ3v) is 3.27. The van der Waals surface area contributed by atoms with Crippen molar-refractivity contribution >= 4 is 0 Å². The molecule has 1 rings (SSSR count). The van der Waals surface area contributed by atoms with Crippen LogP contribution < -0.4 is 0 Å². The van der Waals surface area contributed by atoms with Crippen LogP contribution in [0.15, 0.2) is 24.3 Å². The molecule has 0 aliphatic heterocycles. The standard InChI is InChI=1S/C13H21NO/c1-5-10(2)14(4)11(3)12-6-8-13(15)9-7-12/h6-11,15H,5H2,1-4H3. The summed E-state index contributed by atoms with van der Waals surface area (Å²) in [7, 11) is 2.14. The zero-order valence-corrected chi connectivity index (χ0v) is 10.1. The molecule has 0 saturated carbocycles. The van der Waals surface area contributed by atoms with Gasteiger partial charge in [-0.25, -0.2) is 0 Å². The third kappa shape index (κ3) is 2.96. The Labute approximate surface area is 92.5 Å². The zero-order chi connectivity index (χ0) is 11.4. The summed E-state index contributed by atoms with van der Waals surface area (Å²) in [5, 5.41) is 9.22. The van der Waals surface area contributed by atoms with Crippen molar-refractivity contribution in [2.75, 3.05) is 7.05 Å². The van der Waals surface area contributed by atoms with Gasteiger partial charge in [-0.1, -0.05) is 19.1 Å². The molecule has 1 N–H and O–H groups in total. The normalized spacial score (nSPS) is 15.3. The molecule has 0 aliphatic rings. The van der Waals surface area contributed by atoms with Crippen LogP contribution in [-0.4, -0.2) is 23.1 Å². The molecule has 0 saturated heterocycles. The third-order valence-electron chi connectivity index (χ3n) is 3.27. The zero-order valence-electron chi connectivity index (χ0n) is 10.1. The Morgan fingerprint density at radius 2 is 1.73 bits per heavy atom. The predicted octanol–water partition coefficient (Wildman–Crippen LogP) is 3.18. The number of hydrogen-bond donors (Lipinski definition) is 1. The van der Waals surface area contributed by atoms with Crippen molar-refractivity contribution in [2.45, 2.75) is 39.3 Å². The van der Waals surface area contributed by atoms with Gasteiger partial charge in [0.1, 0.15) is 5.75 Å². The van der Waals surface area contributed by atoms with Crippen molar-refractivity contribution in [1.82, 2.24) is 4.90 Å². The molecule has 2 heteroatoms. The summed E-state index contributed by atoms with van der Waals surface area (Å²) in [6.07, 6.45) is 1.15. The molecule has 0 aliphatic carbocycles. The van der Waals surface area contributed by atoms with Crippen molar-refractivity contribution in [3.63, 3.8) is 0 Å². The molecule has 0 bridgehead atoms. The second kappa shape index (κ2) is 5.17. The molecule has 2 unspecified atom stereocenters. The lowest BCUT2D eigenvalue weighted by molar-refractivity contribution is 0.193. The van der Waals surface area contributed by atoms with Crippen LogP contribution in [0.2, 0.25) is 0 Å². The van der Waals surface area contributed by atoms with Crippen molar-refractivity contribution < 1.29 is 5.11 Å². The highest BCUT2D eigenvalue weighted by molar-refractivity contribution is 5.27. The largest absolute Gasteiger partial charge is 0.508 e. The van der Waals surface area contributed by atoms with E-state index in [0.29, 0.717) is 17.8 Å². The summed E-state index contributed by atoms with van der Waals surface area (Å²) in [5.41, 5.74) is 1.25. The molecular formula is C13H21NO. The van der Waals surface area contributed by atoms with Crippen molar-refractivity contribution in [2.24, 2.45) is 0 Å². The lowest BCUT2D eigenvalue weighted by Crippen LogP contribution is -2.31. The molecule has 15 heavy (non-hydrogen) atoms. The minimum absolute atomic E-state index is 0.331. The SMILES string of the molecule is CCC(C)N(C)C(C)c1ccc(O)cc1. The van der Waals surface area contributed by atoms with Crippen molar-refractivity contribution in [3.8, 4) is 5.75 Å². The van der Waals surface area contributed by atoms with E-state index in [1.807, 2.05) is 12.1 Å². The van der Waals surface area contributed by atoms with E-state index in [4.69, 9.17) is 0 Å². The highest BCUT2D eigenvalue weighted by Crippen LogP contribution is 2.23. The molecule has 1 aromatic rings. The van der Waals surface area contributed by atoms with Gasteiger partial charge < -0.3 is 5.11 Å². The highest BCUT2D eigenvalue weighted by Gasteiger charge is 2.15. The van der Waals surface area contributed by atoms with Crippen LogP contribution in [0.4, 0.5) is 0 Å². The highest BCUT2D eigenvalue weighted by atomic mass is 16.3. The fourth-order valence-electron chi connectivity index (χ4n) is 1.66. The Kier molecular flexibility index (Phi) is 4.15. The Hall–Kier alpha value is -1.02. The first kappa shape index (κ1) is 12.1. The van der Waals surface area contributed by atoms with Gasteiger partial charge in [-0.15, -0.1) is 0 Å². The lowest BCUT2D eigenvalue weighted by Gasteiger charge is -2.30. The van der Waals surface area contributed by atoms with Gasteiger partial charge in [0, 0.05) is 12.1 Å². The van der Waals surface area contributed by atoms with Gasteiger partial charge in [-0.2, -0.15) is 0 Å². The van der Waals surface area contributed by atoms with Crippen molar-refractivity contribution in [1.29, 1.82) is 0 Å².